The Hall–Kier alpha value is -2.23. The summed E-state index contributed by atoms with van der Waals surface area (Å²) in [7, 11) is 0. The maximum Gasteiger partial charge on any atom is 0.167 e. The van der Waals surface area contributed by atoms with Crippen LogP contribution in [0.1, 0.15) is 0 Å². The average molecular weight is 196 g/mol. The van der Waals surface area contributed by atoms with Gasteiger partial charge in [0.05, 0.1) is 6.20 Å². The van der Waals surface area contributed by atoms with Crippen molar-refractivity contribution in [2.24, 2.45) is 0 Å². The smallest absolute Gasteiger partial charge is 0.167 e. The molecule has 1 aromatic carbocycles. The maximum atomic E-state index is 4.21. The van der Waals surface area contributed by atoms with Gasteiger partial charge in [-0.2, -0.15) is 0 Å². The summed E-state index contributed by atoms with van der Waals surface area (Å²) in [6.45, 7) is 0. The molecule has 0 bridgehead atoms. The van der Waals surface area contributed by atoms with Gasteiger partial charge in [-0.1, -0.05) is 18.2 Å². The highest BCUT2D eigenvalue weighted by molar-refractivity contribution is 5.53. The van der Waals surface area contributed by atoms with E-state index >= 15 is 0 Å². The predicted octanol–water partition coefficient (Wildman–Crippen LogP) is 1.77. The first-order valence-electron chi connectivity index (χ1n) is 4.63. The van der Waals surface area contributed by atoms with Gasteiger partial charge in [0.2, 0.25) is 0 Å². The standard InChI is InChI=1S/C11H8N4/c1-2-4-9(5-3-1)15-8-12-6-10-11(15)14-7-13-10/h1-8H. The van der Waals surface area contributed by atoms with E-state index in [1.165, 1.54) is 0 Å². The van der Waals surface area contributed by atoms with Crippen LogP contribution >= 0.6 is 0 Å². The maximum absolute atomic E-state index is 4.21. The lowest BCUT2D eigenvalue weighted by Gasteiger charge is -2.08. The minimum Gasteiger partial charge on any atom is -0.283 e. The Labute approximate surface area is 86.6 Å². The van der Waals surface area contributed by atoms with Gasteiger partial charge in [0.1, 0.15) is 18.3 Å². The van der Waals surface area contributed by atoms with E-state index in [1.807, 2.05) is 34.9 Å². The van der Waals surface area contributed by atoms with Crippen molar-refractivity contribution in [2.75, 3.05) is 0 Å². The first-order chi connectivity index (χ1) is 7.45. The number of para-hydroxylation sites is 1. The first kappa shape index (κ1) is 8.11. The molecule has 0 N–H and O–H groups in total. The van der Waals surface area contributed by atoms with Crippen molar-refractivity contribution < 1.29 is 0 Å². The lowest BCUT2D eigenvalue weighted by Crippen LogP contribution is -2.01. The van der Waals surface area contributed by atoms with Gasteiger partial charge in [-0.15, -0.1) is 0 Å². The Morgan fingerprint density at radius 2 is 1.87 bits per heavy atom. The summed E-state index contributed by atoms with van der Waals surface area (Å²) in [5, 5.41) is 0. The molecule has 15 heavy (non-hydrogen) atoms. The summed E-state index contributed by atoms with van der Waals surface area (Å²) in [5.41, 5.74) is 1.84. The fourth-order valence-electron chi connectivity index (χ4n) is 1.55. The van der Waals surface area contributed by atoms with Crippen LogP contribution in [-0.4, -0.2) is 19.5 Å². The molecule has 0 saturated heterocycles. The molecule has 0 radical (unpaired) electrons. The zero-order chi connectivity index (χ0) is 10.1. The van der Waals surface area contributed by atoms with Crippen molar-refractivity contribution in [3.8, 4) is 17.2 Å². The topological polar surface area (TPSA) is 43.6 Å². The van der Waals surface area contributed by atoms with Crippen LogP contribution in [0.2, 0.25) is 0 Å². The van der Waals surface area contributed by atoms with Gasteiger partial charge in [0.25, 0.3) is 0 Å². The van der Waals surface area contributed by atoms with Crippen LogP contribution in [0, 0.1) is 0 Å². The van der Waals surface area contributed by atoms with Gasteiger partial charge in [0.15, 0.2) is 5.82 Å². The fourth-order valence-corrected chi connectivity index (χ4v) is 1.55. The molecule has 0 saturated carbocycles. The van der Waals surface area contributed by atoms with E-state index in [0.717, 1.165) is 17.2 Å². The van der Waals surface area contributed by atoms with Crippen molar-refractivity contribution in [1.82, 2.24) is 19.5 Å². The van der Waals surface area contributed by atoms with Gasteiger partial charge in [0, 0.05) is 5.69 Å². The highest BCUT2D eigenvalue weighted by Crippen LogP contribution is 2.18. The van der Waals surface area contributed by atoms with Crippen molar-refractivity contribution in [2.45, 2.75) is 0 Å². The largest absolute Gasteiger partial charge is 0.283 e. The second kappa shape index (κ2) is 3.16. The van der Waals surface area contributed by atoms with Crippen molar-refractivity contribution in [3.05, 3.63) is 49.2 Å². The Kier molecular flexibility index (Phi) is 1.71. The highest BCUT2D eigenvalue weighted by atomic mass is 15.1. The number of benzene rings is 1. The van der Waals surface area contributed by atoms with Gasteiger partial charge in [-0.25, -0.2) is 15.0 Å². The van der Waals surface area contributed by atoms with Gasteiger partial charge in [-0.05, 0) is 12.1 Å². The van der Waals surface area contributed by atoms with Gasteiger partial charge < -0.3 is 0 Å². The third-order valence-corrected chi connectivity index (χ3v) is 2.25. The van der Waals surface area contributed by atoms with Crippen molar-refractivity contribution in [3.63, 3.8) is 0 Å². The molecule has 4 nitrogen and oxygen atoms in total. The Bertz CT molecular complexity index is 544. The Morgan fingerprint density at radius 3 is 2.73 bits per heavy atom. The molecule has 0 fully saturated rings. The number of aromatic nitrogens is 4. The predicted molar refractivity (Wildman–Crippen MR) is 55.8 cm³/mol. The van der Waals surface area contributed by atoms with Crippen molar-refractivity contribution in [1.29, 1.82) is 0 Å². The lowest BCUT2D eigenvalue weighted by molar-refractivity contribution is 0.961. The number of nitrogens with zero attached hydrogens (tertiary/aromatic N) is 4. The summed E-state index contributed by atoms with van der Waals surface area (Å²) in [6.07, 6.45) is 5.00. The zero-order valence-electron chi connectivity index (χ0n) is 7.91. The summed E-state index contributed by atoms with van der Waals surface area (Å²) in [6, 6.07) is 9.97. The first-order valence-corrected chi connectivity index (χ1v) is 4.63. The average Bonchev–Trinajstić information content (AvgIpc) is 2.78. The number of fused-ring (bicyclic) bond motifs is 1. The molecule has 0 aromatic heterocycles. The molecule has 2 aliphatic rings. The van der Waals surface area contributed by atoms with Crippen LogP contribution in [0.4, 0.5) is 0 Å². The molecule has 4 heteroatoms. The SMILES string of the molecule is c1ccc(-n2cncc3ncnc2-3)cc1. The lowest BCUT2D eigenvalue weighted by atomic mass is 10.3. The monoisotopic (exact) mass is 196 g/mol. The summed E-state index contributed by atoms with van der Waals surface area (Å²) >= 11 is 0. The number of imidazole rings is 1. The second-order valence-corrected chi connectivity index (χ2v) is 3.18. The van der Waals surface area contributed by atoms with Crippen LogP contribution in [0.25, 0.3) is 17.2 Å². The highest BCUT2D eigenvalue weighted by Gasteiger charge is 2.10. The molecule has 3 rings (SSSR count). The molecule has 0 amide bonds. The van der Waals surface area contributed by atoms with E-state index in [0.29, 0.717) is 0 Å². The molecule has 0 aliphatic carbocycles. The van der Waals surface area contributed by atoms with E-state index in [4.69, 9.17) is 0 Å². The minimum atomic E-state index is 0.807. The molecule has 0 unspecified atom stereocenters. The van der Waals surface area contributed by atoms with Crippen LogP contribution in [0.3, 0.4) is 0 Å². The van der Waals surface area contributed by atoms with E-state index in [1.54, 1.807) is 18.9 Å². The van der Waals surface area contributed by atoms with Gasteiger partial charge in [-0.3, -0.25) is 4.57 Å². The Morgan fingerprint density at radius 1 is 1.00 bits per heavy atom. The second-order valence-electron chi connectivity index (χ2n) is 3.18. The number of hydrogen-bond donors (Lipinski definition) is 0. The van der Waals surface area contributed by atoms with Gasteiger partial charge >= 0.3 is 0 Å². The molecule has 2 aliphatic heterocycles. The fraction of sp³-hybridized carbons (Fsp3) is 0. The summed E-state index contributed by atoms with van der Waals surface area (Å²) in [5.74, 6) is 0.830. The Balaban J connectivity index is 2.25. The molecule has 72 valence electrons. The van der Waals surface area contributed by atoms with Crippen LogP contribution < -0.4 is 0 Å². The quantitative estimate of drug-likeness (QED) is 0.595. The van der Waals surface area contributed by atoms with E-state index in [-0.39, 0.29) is 0 Å². The third kappa shape index (κ3) is 1.27. The number of rotatable bonds is 1. The minimum absolute atomic E-state index is 0.807. The summed E-state index contributed by atoms with van der Waals surface area (Å²) < 4.78 is 1.92. The molecule has 2 heterocycles. The molecular formula is C11H8N4. The van der Waals surface area contributed by atoms with Crippen LogP contribution in [0.15, 0.2) is 49.2 Å². The molecule has 1 aromatic rings. The normalized spacial score (nSPS) is 10.7. The van der Waals surface area contributed by atoms with E-state index in [9.17, 15) is 0 Å². The molecule has 0 spiro atoms. The molecular weight excluding hydrogens is 188 g/mol. The third-order valence-electron chi connectivity index (χ3n) is 2.25. The zero-order valence-corrected chi connectivity index (χ0v) is 7.91. The van der Waals surface area contributed by atoms with Crippen molar-refractivity contribution >= 4 is 0 Å². The van der Waals surface area contributed by atoms with E-state index < -0.39 is 0 Å². The number of hydrogen-bond acceptors (Lipinski definition) is 3. The van der Waals surface area contributed by atoms with Crippen LogP contribution in [-0.2, 0) is 0 Å². The van der Waals surface area contributed by atoms with E-state index in [2.05, 4.69) is 15.0 Å². The van der Waals surface area contributed by atoms with Crippen LogP contribution in [0.5, 0.6) is 0 Å². The summed E-state index contributed by atoms with van der Waals surface area (Å²) in [4.78, 5) is 12.4. The molecule has 0 atom stereocenters.